The summed E-state index contributed by atoms with van der Waals surface area (Å²) in [5, 5.41) is 4.63. The van der Waals surface area contributed by atoms with E-state index in [0.29, 0.717) is 21.8 Å². The Hall–Kier alpha value is -2.92. The zero-order valence-electron chi connectivity index (χ0n) is 14.4. The lowest BCUT2D eigenvalue weighted by molar-refractivity contribution is 0.151. The first-order valence-corrected chi connectivity index (χ1v) is 10.3. The van der Waals surface area contributed by atoms with E-state index in [1.807, 2.05) is 6.07 Å². The summed E-state index contributed by atoms with van der Waals surface area (Å²) in [6.45, 7) is 0. The predicted octanol–water partition coefficient (Wildman–Crippen LogP) is 3.83. The Labute approximate surface area is 162 Å². The molecule has 0 fully saturated rings. The van der Waals surface area contributed by atoms with Crippen molar-refractivity contribution < 1.29 is 17.2 Å². The largest absolute Gasteiger partial charge is 0.289 e. The summed E-state index contributed by atoms with van der Waals surface area (Å²) in [4.78, 5) is 8.12. The number of rotatable bonds is 5. The van der Waals surface area contributed by atoms with E-state index < -0.39 is 16.4 Å². The van der Waals surface area contributed by atoms with Gasteiger partial charge >= 0.3 is 0 Å². The highest BCUT2D eigenvalue weighted by atomic mass is 32.2. The number of aromatic nitrogens is 4. The Kier molecular flexibility index (Phi) is 4.55. The zero-order chi connectivity index (χ0) is 19.9. The summed E-state index contributed by atoms with van der Waals surface area (Å²) in [6, 6.07) is 8.04. The number of halogens is 2. The van der Waals surface area contributed by atoms with Gasteiger partial charge in [0.05, 0.1) is 28.0 Å². The minimum atomic E-state index is -3.89. The first-order valence-electron chi connectivity index (χ1n) is 7.99. The quantitative estimate of drug-likeness (QED) is 0.529. The van der Waals surface area contributed by atoms with Gasteiger partial charge in [-0.05, 0) is 18.2 Å². The minimum Gasteiger partial charge on any atom is -0.277 e. The van der Waals surface area contributed by atoms with Gasteiger partial charge in [-0.25, -0.2) is 22.2 Å². The number of nitrogens with zero attached hydrogens (tertiary/aromatic N) is 4. The summed E-state index contributed by atoms with van der Waals surface area (Å²) in [7, 11) is -2.17. The number of anilines is 1. The Bertz CT molecular complexity index is 1250. The molecule has 0 bridgehead atoms. The molecule has 0 atom stereocenters. The van der Waals surface area contributed by atoms with E-state index >= 15 is 0 Å². The summed E-state index contributed by atoms with van der Waals surface area (Å²) in [5.74, 6) is 0. The van der Waals surface area contributed by atoms with Gasteiger partial charge in [0.1, 0.15) is 4.90 Å². The van der Waals surface area contributed by atoms with Crippen LogP contribution in [-0.2, 0) is 17.1 Å². The molecule has 0 aliphatic carbocycles. The van der Waals surface area contributed by atoms with Gasteiger partial charge < -0.3 is 0 Å². The van der Waals surface area contributed by atoms with E-state index in [0.717, 1.165) is 16.7 Å². The lowest BCUT2D eigenvalue weighted by atomic mass is 10.2. The van der Waals surface area contributed by atoms with Crippen molar-refractivity contribution in [2.24, 2.45) is 7.05 Å². The average Bonchev–Trinajstić information content (AvgIpc) is 3.30. The minimum absolute atomic E-state index is 0.0472. The van der Waals surface area contributed by atoms with E-state index in [4.69, 9.17) is 0 Å². The maximum atomic E-state index is 12.7. The highest BCUT2D eigenvalue weighted by molar-refractivity contribution is 7.92. The summed E-state index contributed by atoms with van der Waals surface area (Å²) >= 11 is 0.816. The molecule has 0 aliphatic rings. The monoisotopic (exact) mass is 421 g/mol. The SMILES string of the molecule is Cn1ncc2cccc(NS(=O)(=O)c3ccc(-c4cnc(C(F)F)s4)nc3)c21. The number of hydrogen-bond acceptors (Lipinski definition) is 6. The smallest absolute Gasteiger partial charge is 0.277 e. The number of aryl methyl sites for hydroxylation is 1. The molecule has 1 aromatic carbocycles. The van der Waals surface area contributed by atoms with E-state index in [2.05, 4.69) is 19.8 Å². The van der Waals surface area contributed by atoms with Gasteiger partial charge in [-0.15, -0.1) is 11.3 Å². The van der Waals surface area contributed by atoms with Crippen molar-refractivity contribution in [1.82, 2.24) is 19.7 Å². The van der Waals surface area contributed by atoms with Crippen LogP contribution in [0.2, 0.25) is 0 Å². The van der Waals surface area contributed by atoms with E-state index in [1.54, 1.807) is 30.1 Å². The molecule has 0 amide bonds. The van der Waals surface area contributed by atoms with Crippen LogP contribution in [0.3, 0.4) is 0 Å². The summed E-state index contributed by atoms with van der Waals surface area (Å²) < 4.78 is 54.9. The molecule has 0 saturated carbocycles. The molecule has 0 spiro atoms. The van der Waals surface area contributed by atoms with Crippen LogP contribution in [0.15, 0.2) is 53.8 Å². The van der Waals surface area contributed by atoms with Gasteiger partial charge in [-0.3, -0.25) is 14.4 Å². The Morgan fingerprint density at radius 1 is 1.11 bits per heavy atom. The van der Waals surface area contributed by atoms with Gasteiger partial charge in [0.2, 0.25) is 0 Å². The number of thiazole rings is 1. The van der Waals surface area contributed by atoms with Gasteiger partial charge in [-0.1, -0.05) is 12.1 Å². The molecular weight excluding hydrogens is 408 g/mol. The molecule has 28 heavy (non-hydrogen) atoms. The van der Waals surface area contributed by atoms with Gasteiger partial charge in [-0.2, -0.15) is 5.10 Å². The van der Waals surface area contributed by atoms with Crippen molar-refractivity contribution in [2.75, 3.05) is 4.72 Å². The molecule has 3 aromatic heterocycles. The topological polar surface area (TPSA) is 89.8 Å². The van der Waals surface area contributed by atoms with Crippen LogP contribution in [-0.4, -0.2) is 28.2 Å². The molecule has 0 saturated heterocycles. The fourth-order valence-corrected chi connectivity index (χ4v) is 4.47. The Morgan fingerprint density at radius 3 is 2.61 bits per heavy atom. The third-order valence-electron chi connectivity index (χ3n) is 4.01. The van der Waals surface area contributed by atoms with Crippen LogP contribution in [0.25, 0.3) is 21.5 Å². The van der Waals surface area contributed by atoms with Crippen molar-refractivity contribution >= 4 is 38.0 Å². The third-order valence-corrected chi connectivity index (χ3v) is 6.39. The van der Waals surface area contributed by atoms with E-state index in [9.17, 15) is 17.2 Å². The predicted molar refractivity (Wildman–Crippen MR) is 102 cm³/mol. The molecule has 11 heteroatoms. The molecule has 7 nitrogen and oxygen atoms in total. The number of nitrogens with one attached hydrogen (secondary N) is 1. The highest BCUT2D eigenvalue weighted by Crippen LogP contribution is 2.31. The second kappa shape index (κ2) is 6.91. The maximum absolute atomic E-state index is 12.7. The fraction of sp³-hybridized carbons (Fsp3) is 0.118. The average molecular weight is 421 g/mol. The van der Waals surface area contributed by atoms with E-state index in [1.165, 1.54) is 24.5 Å². The molecule has 4 rings (SSSR count). The fourth-order valence-electron chi connectivity index (χ4n) is 2.71. The molecule has 1 N–H and O–H groups in total. The first-order chi connectivity index (χ1) is 13.3. The number of hydrogen-bond donors (Lipinski definition) is 1. The Balaban J connectivity index is 1.63. The van der Waals surface area contributed by atoms with Crippen LogP contribution < -0.4 is 4.72 Å². The standard InChI is InChI=1S/C17H13F2N5O2S2/c1-24-15-10(7-22-24)3-2-4-13(15)23-28(25,26)11-5-6-12(20-8-11)14-9-21-17(27-14)16(18)19/h2-9,16,23H,1H3. The van der Waals surface area contributed by atoms with Crippen molar-refractivity contribution in [1.29, 1.82) is 0 Å². The number of sulfonamides is 1. The van der Waals surface area contributed by atoms with E-state index in [-0.39, 0.29) is 9.90 Å². The second-order valence-corrected chi connectivity index (χ2v) is 8.60. The van der Waals surface area contributed by atoms with Crippen LogP contribution in [0.1, 0.15) is 11.4 Å². The van der Waals surface area contributed by atoms with Crippen molar-refractivity contribution in [3.8, 4) is 10.6 Å². The van der Waals surface area contributed by atoms with Crippen LogP contribution in [0.5, 0.6) is 0 Å². The molecule has 0 aliphatic heterocycles. The second-order valence-electron chi connectivity index (χ2n) is 5.86. The van der Waals surface area contributed by atoms with Crippen molar-refractivity contribution in [3.63, 3.8) is 0 Å². The lowest BCUT2D eigenvalue weighted by Gasteiger charge is -2.10. The Morgan fingerprint density at radius 2 is 1.93 bits per heavy atom. The zero-order valence-corrected chi connectivity index (χ0v) is 16.0. The van der Waals surface area contributed by atoms with Crippen LogP contribution in [0, 0.1) is 0 Å². The number of alkyl halides is 2. The van der Waals surface area contributed by atoms with Gasteiger partial charge in [0.25, 0.3) is 16.4 Å². The molecule has 144 valence electrons. The number of benzene rings is 1. The third kappa shape index (κ3) is 3.34. The summed E-state index contributed by atoms with van der Waals surface area (Å²) in [5.41, 5.74) is 1.42. The molecular formula is C17H13F2N5O2S2. The summed E-state index contributed by atoms with van der Waals surface area (Å²) in [6.07, 6.45) is 1.47. The number of fused-ring (bicyclic) bond motifs is 1. The maximum Gasteiger partial charge on any atom is 0.289 e. The van der Waals surface area contributed by atoms with Crippen molar-refractivity contribution in [2.45, 2.75) is 11.3 Å². The van der Waals surface area contributed by atoms with Crippen LogP contribution in [0.4, 0.5) is 14.5 Å². The lowest BCUT2D eigenvalue weighted by Crippen LogP contribution is -2.14. The molecule has 3 heterocycles. The molecule has 0 unspecified atom stereocenters. The molecule has 0 radical (unpaired) electrons. The van der Waals surface area contributed by atoms with Gasteiger partial charge in [0.15, 0.2) is 5.01 Å². The first kappa shape index (κ1) is 18.4. The number of pyridine rings is 1. The normalized spacial score (nSPS) is 12.0. The highest BCUT2D eigenvalue weighted by Gasteiger charge is 2.19. The number of para-hydroxylation sites is 1. The van der Waals surface area contributed by atoms with Gasteiger partial charge in [0, 0.05) is 24.8 Å². The van der Waals surface area contributed by atoms with Crippen LogP contribution >= 0.6 is 11.3 Å². The molecule has 4 aromatic rings. The van der Waals surface area contributed by atoms with Crippen molar-refractivity contribution in [3.05, 3.63) is 53.9 Å².